The van der Waals surface area contributed by atoms with E-state index >= 15 is 0 Å². The molecule has 2 atom stereocenters. The van der Waals surface area contributed by atoms with Crippen LogP contribution in [0.1, 0.15) is 19.3 Å². The second-order valence-electron chi connectivity index (χ2n) is 3.45. The van der Waals surface area contributed by atoms with Gasteiger partial charge in [0, 0.05) is 0 Å². The van der Waals surface area contributed by atoms with Crippen molar-refractivity contribution in [3.63, 3.8) is 0 Å². The molecule has 0 spiro atoms. The fourth-order valence-electron chi connectivity index (χ4n) is 1.99. The zero-order chi connectivity index (χ0) is 7.90. The Balaban J connectivity index is 2.33. The molecule has 0 saturated heterocycles. The molecule has 1 saturated carbocycles. The summed E-state index contributed by atoms with van der Waals surface area (Å²) in [6.45, 7) is 0. The lowest BCUT2D eigenvalue weighted by molar-refractivity contribution is 0.0915. The first-order valence-electron chi connectivity index (χ1n) is 4.08. The minimum Gasteiger partial charge on any atom is -0.372 e. The number of hydrogen-bond donors (Lipinski definition) is 2. The molecular weight excluding hydrogens is 138 g/mol. The smallest absolute Gasteiger partial charge is 0.136 e. The maximum Gasteiger partial charge on any atom is 0.136 e. The van der Waals surface area contributed by atoms with Crippen molar-refractivity contribution in [3.8, 4) is 0 Å². The molecule has 0 heterocycles. The van der Waals surface area contributed by atoms with E-state index in [4.69, 9.17) is 5.73 Å². The highest BCUT2D eigenvalue weighted by Crippen LogP contribution is 2.40. The van der Waals surface area contributed by atoms with Crippen LogP contribution in [0.15, 0.2) is 23.8 Å². The van der Waals surface area contributed by atoms with Gasteiger partial charge < -0.3 is 10.8 Å². The van der Waals surface area contributed by atoms with Gasteiger partial charge in [-0.15, -0.1) is 0 Å². The number of rotatable bonds is 0. The molecule has 0 aliphatic heterocycles. The summed E-state index contributed by atoms with van der Waals surface area (Å²) in [6, 6.07) is 0. The van der Waals surface area contributed by atoms with E-state index in [9.17, 15) is 5.11 Å². The van der Waals surface area contributed by atoms with E-state index in [1.807, 2.05) is 12.2 Å². The topological polar surface area (TPSA) is 46.2 Å². The van der Waals surface area contributed by atoms with Gasteiger partial charge in [-0.05, 0) is 30.8 Å². The summed E-state index contributed by atoms with van der Waals surface area (Å²) >= 11 is 0. The van der Waals surface area contributed by atoms with Crippen LogP contribution in [0.4, 0.5) is 0 Å². The first-order valence-corrected chi connectivity index (χ1v) is 4.08. The molecule has 2 rings (SSSR count). The molecule has 0 amide bonds. The molecule has 0 radical (unpaired) electrons. The third kappa shape index (κ3) is 1.03. The van der Waals surface area contributed by atoms with Gasteiger partial charge in [0.05, 0.1) is 0 Å². The lowest BCUT2D eigenvalue weighted by atomic mass is 9.92. The summed E-state index contributed by atoms with van der Waals surface area (Å²) in [5.74, 6) is 0.509. The standard InChI is InChI=1S/C9H13NO/c10-9(11)6-5-7-3-1-2-4-8(7)9/h1-2,4,7,11H,3,5-6,10H2. The molecule has 1 fully saturated rings. The van der Waals surface area contributed by atoms with E-state index < -0.39 is 5.72 Å². The molecule has 2 nitrogen and oxygen atoms in total. The highest BCUT2D eigenvalue weighted by atomic mass is 16.3. The summed E-state index contributed by atoms with van der Waals surface area (Å²) in [6.07, 6.45) is 8.87. The van der Waals surface area contributed by atoms with Crippen LogP contribution in [0.5, 0.6) is 0 Å². The van der Waals surface area contributed by atoms with Gasteiger partial charge in [0.15, 0.2) is 0 Å². The molecule has 2 unspecified atom stereocenters. The van der Waals surface area contributed by atoms with Crippen LogP contribution in [0.3, 0.4) is 0 Å². The Morgan fingerprint density at radius 1 is 1.64 bits per heavy atom. The highest BCUT2D eigenvalue weighted by molar-refractivity contribution is 5.30. The van der Waals surface area contributed by atoms with Gasteiger partial charge in [-0.3, -0.25) is 0 Å². The number of nitrogens with two attached hydrogens (primary N) is 1. The van der Waals surface area contributed by atoms with Gasteiger partial charge in [0.25, 0.3) is 0 Å². The summed E-state index contributed by atoms with van der Waals surface area (Å²) in [5, 5.41) is 9.67. The molecule has 2 aliphatic rings. The molecule has 0 aromatic heterocycles. The molecule has 60 valence electrons. The molecule has 11 heavy (non-hydrogen) atoms. The predicted octanol–water partition coefficient (Wildman–Crippen LogP) is 0.930. The summed E-state index contributed by atoms with van der Waals surface area (Å²) < 4.78 is 0. The molecule has 2 heteroatoms. The second-order valence-corrected chi connectivity index (χ2v) is 3.45. The zero-order valence-corrected chi connectivity index (χ0v) is 6.46. The van der Waals surface area contributed by atoms with Gasteiger partial charge in [-0.25, -0.2) is 0 Å². The Bertz CT molecular complexity index is 228. The van der Waals surface area contributed by atoms with Crippen LogP contribution in [0.25, 0.3) is 0 Å². The fourth-order valence-corrected chi connectivity index (χ4v) is 1.99. The maximum atomic E-state index is 9.67. The predicted molar refractivity (Wildman–Crippen MR) is 43.7 cm³/mol. The van der Waals surface area contributed by atoms with Crippen LogP contribution in [-0.2, 0) is 0 Å². The van der Waals surface area contributed by atoms with Gasteiger partial charge in [0.1, 0.15) is 5.72 Å². The number of allylic oxidation sites excluding steroid dienone is 3. The van der Waals surface area contributed by atoms with E-state index in [1.165, 1.54) is 0 Å². The van der Waals surface area contributed by atoms with Crippen molar-refractivity contribution in [2.24, 2.45) is 11.7 Å². The van der Waals surface area contributed by atoms with Gasteiger partial charge in [-0.2, -0.15) is 0 Å². The molecule has 0 bridgehead atoms. The molecular formula is C9H13NO. The van der Waals surface area contributed by atoms with Crippen molar-refractivity contribution < 1.29 is 5.11 Å². The first-order chi connectivity index (χ1) is 5.20. The maximum absolute atomic E-state index is 9.67. The minimum absolute atomic E-state index is 0.509. The Hall–Kier alpha value is -0.600. The van der Waals surface area contributed by atoms with Gasteiger partial charge in [-0.1, -0.05) is 18.2 Å². The van der Waals surface area contributed by atoms with E-state index in [1.54, 1.807) is 0 Å². The van der Waals surface area contributed by atoms with Crippen molar-refractivity contribution in [1.82, 2.24) is 0 Å². The van der Waals surface area contributed by atoms with Crippen molar-refractivity contribution in [3.05, 3.63) is 23.8 Å². The first kappa shape index (κ1) is 7.07. The second kappa shape index (κ2) is 2.19. The van der Waals surface area contributed by atoms with E-state index in [0.29, 0.717) is 12.3 Å². The molecule has 0 aromatic carbocycles. The van der Waals surface area contributed by atoms with Crippen LogP contribution in [0.2, 0.25) is 0 Å². The third-order valence-electron chi connectivity index (χ3n) is 2.65. The SMILES string of the molecule is NC1(O)CCC2CC=CC=C21. The van der Waals surface area contributed by atoms with Gasteiger partial charge in [0.2, 0.25) is 0 Å². The largest absolute Gasteiger partial charge is 0.372 e. The summed E-state index contributed by atoms with van der Waals surface area (Å²) in [5.41, 5.74) is 5.71. The summed E-state index contributed by atoms with van der Waals surface area (Å²) in [4.78, 5) is 0. The molecule has 3 N–H and O–H groups in total. The summed E-state index contributed by atoms with van der Waals surface area (Å²) in [7, 11) is 0. The average Bonchev–Trinajstić information content (AvgIpc) is 2.29. The van der Waals surface area contributed by atoms with E-state index in [2.05, 4.69) is 6.08 Å². The minimum atomic E-state index is -1.00. The quantitative estimate of drug-likeness (QED) is 0.506. The Labute approximate surface area is 66.4 Å². The zero-order valence-electron chi connectivity index (χ0n) is 6.46. The molecule has 0 aromatic rings. The lowest BCUT2D eigenvalue weighted by Crippen LogP contribution is -2.38. The van der Waals surface area contributed by atoms with Crippen molar-refractivity contribution in [1.29, 1.82) is 0 Å². The van der Waals surface area contributed by atoms with Crippen molar-refractivity contribution >= 4 is 0 Å². The van der Waals surface area contributed by atoms with Crippen molar-refractivity contribution in [2.75, 3.05) is 0 Å². The molecule has 2 aliphatic carbocycles. The van der Waals surface area contributed by atoms with Crippen LogP contribution in [-0.4, -0.2) is 10.8 Å². The van der Waals surface area contributed by atoms with Crippen molar-refractivity contribution in [2.45, 2.75) is 25.0 Å². The van der Waals surface area contributed by atoms with Crippen LogP contribution < -0.4 is 5.73 Å². The fraction of sp³-hybridized carbons (Fsp3) is 0.556. The highest BCUT2D eigenvalue weighted by Gasteiger charge is 2.38. The Morgan fingerprint density at radius 2 is 2.45 bits per heavy atom. The number of aliphatic hydroxyl groups is 1. The number of hydrogen-bond acceptors (Lipinski definition) is 2. The Morgan fingerprint density at radius 3 is 3.18 bits per heavy atom. The monoisotopic (exact) mass is 151 g/mol. The number of fused-ring (bicyclic) bond motifs is 1. The van der Waals surface area contributed by atoms with E-state index in [0.717, 1.165) is 18.4 Å². The van der Waals surface area contributed by atoms with Crippen LogP contribution >= 0.6 is 0 Å². The third-order valence-corrected chi connectivity index (χ3v) is 2.65. The van der Waals surface area contributed by atoms with Crippen LogP contribution in [0, 0.1) is 5.92 Å². The van der Waals surface area contributed by atoms with Gasteiger partial charge >= 0.3 is 0 Å². The lowest BCUT2D eigenvalue weighted by Gasteiger charge is -2.22. The van der Waals surface area contributed by atoms with E-state index in [-0.39, 0.29) is 0 Å². The average molecular weight is 151 g/mol. The Kier molecular flexibility index (Phi) is 1.41. The normalized spacial score (nSPS) is 42.0.